The van der Waals surface area contributed by atoms with Crippen molar-refractivity contribution in [3.63, 3.8) is 0 Å². The molecule has 0 saturated heterocycles. The number of hydrogen-bond acceptors (Lipinski definition) is 5. The predicted octanol–water partition coefficient (Wildman–Crippen LogP) is 3.15. The molecule has 0 unspecified atom stereocenters. The van der Waals surface area contributed by atoms with Gasteiger partial charge in [-0.25, -0.2) is 16.8 Å². The van der Waals surface area contributed by atoms with Gasteiger partial charge in [0.2, 0.25) is 10.0 Å². The fourth-order valence-corrected chi connectivity index (χ4v) is 3.86. The average Bonchev–Trinajstić information content (AvgIpc) is 2.63. The first kappa shape index (κ1) is 21.2. The second-order valence-electron chi connectivity index (χ2n) is 5.58. The molecule has 0 aliphatic rings. The summed E-state index contributed by atoms with van der Waals surface area (Å²) in [6.45, 7) is 3.02. The van der Waals surface area contributed by atoms with Crippen LogP contribution in [0.15, 0.2) is 47.4 Å². The number of carbonyl (C=O) groups is 1. The van der Waals surface area contributed by atoms with Gasteiger partial charge in [0.05, 0.1) is 27.7 Å². The Morgan fingerprint density at radius 2 is 1.59 bits per heavy atom. The molecule has 2 aromatic carbocycles. The maximum atomic E-state index is 12.6. The molecule has 1 amide bonds. The molecule has 0 heterocycles. The second kappa shape index (κ2) is 8.28. The van der Waals surface area contributed by atoms with E-state index in [0.29, 0.717) is 5.69 Å². The van der Waals surface area contributed by atoms with Gasteiger partial charge in [-0.15, -0.1) is 0 Å². The number of hydrogen-bond donors (Lipinski definition) is 2. The van der Waals surface area contributed by atoms with E-state index in [-0.39, 0.29) is 32.7 Å². The van der Waals surface area contributed by atoms with E-state index < -0.39 is 25.8 Å². The van der Waals surface area contributed by atoms with Crippen LogP contribution < -0.4 is 10.0 Å². The molecule has 0 saturated carbocycles. The molecule has 0 bridgehead atoms. The molecular weight excluding hydrogens is 412 g/mol. The van der Waals surface area contributed by atoms with Crippen molar-refractivity contribution in [2.75, 3.05) is 21.5 Å². The normalized spacial score (nSPS) is 11.8. The van der Waals surface area contributed by atoms with Crippen LogP contribution in [-0.4, -0.2) is 34.2 Å². The van der Waals surface area contributed by atoms with Crippen LogP contribution in [0.4, 0.5) is 11.4 Å². The molecule has 0 atom stereocenters. The van der Waals surface area contributed by atoms with Crippen LogP contribution in [0, 0.1) is 0 Å². The van der Waals surface area contributed by atoms with Crippen molar-refractivity contribution in [2.24, 2.45) is 0 Å². The molecule has 2 rings (SSSR count). The van der Waals surface area contributed by atoms with Crippen LogP contribution in [0.3, 0.4) is 0 Å². The standard InChI is InChI=1S/C17H19ClN2O5S2/c1-3-26(22,23)14-8-6-13(7-9-14)19-17(21)15-11-12(18)5-10-16(15)20-27(24,25)4-2/h5-11,20H,3-4H2,1-2H3,(H,19,21). The number of anilines is 2. The van der Waals surface area contributed by atoms with Crippen molar-refractivity contribution in [1.82, 2.24) is 0 Å². The Bertz CT molecular complexity index is 1050. The van der Waals surface area contributed by atoms with E-state index in [2.05, 4.69) is 10.0 Å². The average molecular weight is 431 g/mol. The van der Waals surface area contributed by atoms with Crippen LogP contribution in [0.5, 0.6) is 0 Å². The van der Waals surface area contributed by atoms with Gasteiger partial charge in [-0.05, 0) is 49.4 Å². The summed E-state index contributed by atoms with van der Waals surface area (Å²) in [5.41, 5.74) is 0.507. The number of rotatable bonds is 7. The van der Waals surface area contributed by atoms with E-state index in [1.807, 2.05) is 0 Å². The van der Waals surface area contributed by atoms with Gasteiger partial charge in [0.15, 0.2) is 9.84 Å². The summed E-state index contributed by atoms with van der Waals surface area (Å²) >= 11 is 5.93. The maximum Gasteiger partial charge on any atom is 0.257 e. The fraction of sp³-hybridized carbons (Fsp3) is 0.235. The van der Waals surface area contributed by atoms with E-state index in [1.165, 1.54) is 49.4 Å². The van der Waals surface area contributed by atoms with Crippen molar-refractivity contribution >= 4 is 48.7 Å². The first-order valence-corrected chi connectivity index (χ1v) is 11.7. The lowest BCUT2D eigenvalue weighted by atomic mass is 10.1. The molecule has 27 heavy (non-hydrogen) atoms. The number of sulfone groups is 1. The topological polar surface area (TPSA) is 109 Å². The highest BCUT2D eigenvalue weighted by atomic mass is 35.5. The number of benzene rings is 2. The maximum absolute atomic E-state index is 12.6. The SMILES string of the molecule is CCS(=O)(=O)Nc1ccc(Cl)cc1C(=O)Nc1ccc(S(=O)(=O)CC)cc1. The fourth-order valence-electron chi connectivity index (χ4n) is 2.14. The molecule has 2 aromatic rings. The van der Waals surface area contributed by atoms with Gasteiger partial charge in [0.25, 0.3) is 5.91 Å². The van der Waals surface area contributed by atoms with Gasteiger partial charge in [0.1, 0.15) is 0 Å². The quantitative estimate of drug-likeness (QED) is 0.701. The van der Waals surface area contributed by atoms with Crippen LogP contribution in [0.2, 0.25) is 5.02 Å². The minimum Gasteiger partial charge on any atom is -0.322 e. The van der Waals surface area contributed by atoms with Crippen molar-refractivity contribution in [3.8, 4) is 0 Å². The molecular formula is C17H19ClN2O5S2. The minimum absolute atomic E-state index is 0.0256. The number of nitrogens with one attached hydrogen (secondary N) is 2. The van der Waals surface area contributed by atoms with Crippen molar-refractivity contribution < 1.29 is 21.6 Å². The monoisotopic (exact) mass is 430 g/mol. The highest BCUT2D eigenvalue weighted by molar-refractivity contribution is 7.92. The summed E-state index contributed by atoms with van der Waals surface area (Å²) in [6, 6.07) is 9.93. The number of amides is 1. The molecule has 0 aliphatic carbocycles. The first-order chi connectivity index (χ1) is 12.6. The lowest BCUT2D eigenvalue weighted by Crippen LogP contribution is -2.19. The Morgan fingerprint density at radius 3 is 2.15 bits per heavy atom. The summed E-state index contributed by atoms with van der Waals surface area (Å²) in [4.78, 5) is 12.7. The highest BCUT2D eigenvalue weighted by Gasteiger charge is 2.17. The molecule has 2 N–H and O–H groups in total. The molecule has 0 spiro atoms. The predicted molar refractivity (Wildman–Crippen MR) is 107 cm³/mol. The van der Waals surface area contributed by atoms with E-state index >= 15 is 0 Å². The summed E-state index contributed by atoms with van der Waals surface area (Å²) in [5.74, 6) is -0.760. The Morgan fingerprint density at radius 1 is 0.963 bits per heavy atom. The molecule has 7 nitrogen and oxygen atoms in total. The van der Waals surface area contributed by atoms with Crippen molar-refractivity contribution in [2.45, 2.75) is 18.7 Å². The lowest BCUT2D eigenvalue weighted by molar-refractivity contribution is 0.102. The second-order valence-corrected chi connectivity index (χ2v) is 10.3. The van der Waals surface area contributed by atoms with E-state index in [4.69, 9.17) is 11.6 Å². The van der Waals surface area contributed by atoms with E-state index in [9.17, 15) is 21.6 Å². The minimum atomic E-state index is -3.58. The zero-order valence-electron chi connectivity index (χ0n) is 14.7. The summed E-state index contributed by atoms with van der Waals surface area (Å²) in [5, 5.41) is 2.87. The molecule has 0 aliphatic heterocycles. The third kappa shape index (κ3) is 5.44. The van der Waals surface area contributed by atoms with Gasteiger partial charge in [-0.3, -0.25) is 9.52 Å². The summed E-state index contributed by atoms with van der Waals surface area (Å²) < 4.78 is 49.6. The third-order valence-electron chi connectivity index (χ3n) is 3.72. The largest absolute Gasteiger partial charge is 0.322 e. The Labute approximate surface area is 163 Å². The molecule has 10 heteroatoms. The van der Waals surface area contributed by atoms with Crippen LogP contribution in [0.1, 0.15) is 24.2 Å². The van der Waals surface area contributed by atoms with Crippen molar-refractivity contribution in [1.29, 1.82) is 0 Å². The van der Waals surface area contributed by atoms with Gasteiger partial charge >= 0.3 is 0 Å². The molecule has 0 aromatic heterocycles. The van der Waals surface area contributed by atoms with Gasteiger partial charge in [-0.1, -0.05) is 18.5 Å². The number of sulfonamides is 1. The van der Waals surface area contributed by atoms with Gasteiger partial charge in [-0.2, -0.15) is 0 Å². The molecule has 0 fully saturated rings. The van der Waals surface area contributed by atoms with Gasteiger partial charge in [0, 0.05) is 10.7 Å². The van der Waals surface area contributed by atoms with Crippen LogP contribution >= 0.6 is 11.6 Å². The Balaban J connectivity index is 2.29. The van der Waals surface area contributed by atoms with Crippen LogP contribution in [0.25, 0.3) is 0 Å². The first-order valence-electron chi connectivity index (χ1n) is 8.02. The van der Waals surface area contributed by atoms with Crippen molar-refractivity contribution in [3.05, 3.63) is 53.1 Å². The zero-order valence-corrected chi connectivity index (χ0v) is 17.1. The molecule has 0 radical (unpaired) electrons. The Kier molecular flexibility index (Phi) is 6.50. The summed E-state index contributed by atoms with van der Waals surface area (Å²) in [7, 11) is -6.92. The zero-order chi connectivity index (χ0) is 20.2. The smallest absolute Gasteiger partial charge is 0.257 e. The Hall–Kier alpha value is -2.10. The summed E-state index contributed by atoms with van der Waals surface area (Å²) in [6.07, 6.45) is 0. The number of carbonyl (C=O) groups excluding carboxylic acids is 1. The van der Waals surface area contributed by atoms with Crippen LogP contribution in [-0.2, 0) is 19.9 Å². The molecule has 146 valence electrons. The van der Waals surface area contributed by atoms with E-state index in [0.717, 1.165) is 0 Å². The van der Waals surface area contributed by atoms with E-state index in [1.54, 1.807) is 6.92 Å². The highest BCUT2D eigenvalue weighted by Crippen LogP contribution is 2.24. The number of halogens is 1. The lowest BCUT2D eigenvalue weighted by Gasteiger charge is -2.13. The third-order valence-corrected chi connectivity index (χ3v) is 7.00. The van der Waals surface area contributed by atoms with Gasteiger partial charge < -0.3 is 5.32 Å².